The number of H-pyrrole nitrogens is 1. The van der Waals surface area contributed by atoms with Crippen LogP contribution in [0.2, 0.25) is 5.02 Å². The number of benzene rings is 1. The lowest BCUT2D eigenvalue weighted by molar-refractivity contribution is 0.181. The number of piperidine rings is 1. The molecule has 0 bridgehead atoms. The molecule has 1 aromatic heterocycles. The fourth-order valence-corrected chi connectivity index (χ4v) is 3.52. The van der Waals surface area contributed by atoms with Gasteiger partial charge in [-0.2, -0.15) is 0 Å². The smallest absolute Gasteiger partial charge is 0.178 e. The van der Waals surface area contributed by atoms with Gasteiger partial charge in [-0.3, -0.25) is 0 Å². The van der Waals surface area contributed by atoms with E-state index >= 15 is 0 Å². The van der Waals surface area contributed by atoms with Crippen molar-refractivity contribution in [1.29, 1.82) is 0 Å². The molecule has 0 aliphatic carbocycles. The molecule has 2 heterocycles. The van der Waals surface area contributed by atoms with E-state index in [1.165, 1.54) is 25.9 Å². The Bertz CT molecular complexity index is 653. The van der Waals surface area contributed by atoms with E-state index < -0.39 is 0 Å². The van der Waals surface area contributed by atoms with E-state index in [0.717, 1.165) is 39.8 Å². The second-order valence-electron chi connectivity index (χ2n) is 5.58. The molecule has 0 atom stereocenters. The second kappa shape index (κ2) is 5.88. The average Bonchev–Trinajstić information content (AvgIpc) is 2.75. The van der Waals surface area contributed by atoms with Gasteiger partial charge in [-0.1, -0.05) is 18.5 Å². The van der Waals surface area contributed by atoms with Crippen LogP contribution in [0.5, 0.6) is 0 Å². The van der Waals surface area contributed by atoms with Gasteiger partial charge in [0.2, 0.25) is 0 Å². The Kier molecular flexibility index (Phi) is 4.15. The Morgan fingerprint density at radius 3 is 2.80 bits per heavy atom. The first kappa shape index (κ1) is 14.1. The van der Waals surface area contributed by atoms with Crippen molar-refractivity contribution < 1.29 is 0 Å². The lowest BCUT2D eigenvalue weighted by Gasteiger charge is -2.31. The van der Waals surface area contributed by atoms with Crippen molar-refractivity contribution in [2.45, 2.75) is 26.3 Å². The van der Waals surface area contributed by atoms with Crippen LogP contribution in [0.4, 0.5) is 0 Å². The Balaban J connectivity index is 1.81. The van der Waals surface area contributed by atoms with Crippen molar-refractivity contribution in [1.82, 2.24) is 14.5 Å². The molecular weight excluding hydrogens is 290 g/mol. The highest BCUT2D eigenvalue weighted by Gasteiger charge is 2.19. The molecule has 5 heteroatoms. The van der Waals surface area contributed by atoms with Crippen LogP contribution in [0, 0.1) is 10.7 Å². The molecule has 0 amide bonds. The van der Waals surface area contributed by atoms with Gasteiger partial charge in [0.25, 0.3) is 0 Å². The molecule has 3 nitrogen and oxygen atoms in total. The van der Waals surface area contributed by atoms with Crippen molar-refractivity contribution in [3.63, 3.8) is 0 Å². The van der Waals surface area contributed by atoms with Crippen molar-refractivity contribution in [3.05, 3.63) is 28.0 Å². The number of nitrogens with one attached hydrogen (secondary N) is 1. The fourth-order valence-electron chi connectivity index (χ4n) is 3.06. The van der Waals surface area contributed by atoms with Gasteiger partial charge in [0, 0.05) is 11.6 Å². The maximum Gasteiger partial charge on any atom is 0.178 e. The van der Waals surface area contributed by atoms with E-state index in [1.807, 2.05) is 12.1 Å². The van der Waals surface area contributed by atoms with E-state index in [-0.39, 0.29) is 0 Å². The van der Waals surface area contributed by atoms with Crippen LogP contribution in [0.25, 0.3) is 11.0 Å². The first-order valence-corrected chi connectivity index (χ1v) is 8.06. The number of aromatic nitrogens is 2. The van der Waals surface area contributed by atoms with Crippen molar-refractivity contribution in [2.75, 3.05) is 19.6 Å². The minimum absolute atomic E-state index is 0.721. The van der Waals surface area contributed by atoms with Gasteiger partial charge >= 0.3 is 0 Å². The third-order valence-electron chi connectivity index (χ3n) is 4.33. The molecular formula is C15H20ClN3S. The summed E-state index contributed by atoms with van der Waals surface area (Å²) in [7, 11) is 0. The summed E-state index contributed by atoms with van der Waals surface area (Å²) in [6.07, 6.45) is 2.52. The first-order valence-electron chi connectivity index (χ1n) is 7.28. The lowest BCUT2D eigenvalue weighted by Crippen LogP contribution is -2.34. The maximum atomic E-state index is 6.04. The maximum absolute atomic E-state index is 6.04. The minimum Gasteiger partial charge on any atom is -0.331 e. The Morgan fingerprint density at radius 2 is 2.10 bits per heavy atom. The normalized spacial score (nSPS) is 17.9. The van der Waals surface area contributed by atoms with Gasteiger partial charge in [0.05, 0.1) is 11.0 Å². The van der Waals surface area contributed by atoms with Gasteiger partial charge in [-0.15, -0.1) is 0 Å². The lowest BCUT2D eigenvalue weighted by atomic mass is 9.97. The van der Waals surface area contributed by atoms with Crippen LogP contribution in [-0.4, -0.2) is 34.1 Å². The summed E-state index contributed by atoms with van der Waals surface area (Å²) in [6.45, 7) is 6.83. The summed E-state index contributed by atoms with van der Waals surface area (Å²) < 4.78 is 3.04. The molecule has 0 spiro atoms. The quantitative estimate of drug-likeness (QED) is 0.864. The van der Waals surface area contributed by atoms with Crippen LogP contribution in [0.1, 0.15) is 19.8 Å². The van der Waals surface area contributed by atoms with E-state index in [1.54, 1.807) is 0 Å². The van der Waals surface area contributed by atoms with Gasteiger partial charge in [-0.25, -0.2) is 0 Å². The average molecular weight is 310 g/mol. The SMILES string of the molecule is CCN1CCC(Cn2c(=S)[nH]c3cc(Cl)ccc32)CC1. The third kappa shape index (κ3) is 2.78. The number of imidazole rings is 1. The fraction of sp³-hybridized carbons (Fsp3) is 0.533. The number of hydrogen-bond donors (Lipinski definition) is 1. The standard InChI is InChI=1S/C15H20ClN3S/c1-2-18-7-5-11(6-8-18)10-19-14-4-3-12(16)9-13(14)17-15(19)20/h3-4,9,11H,2,5-8,10H2,1H3,(H,17,20). The highest BCUT2D eigenvalue weighted by atomic mass is 35.5. The Hall–Kier alpha value is -0.840. The number of aromatic amines is 1. The van der Waals surface area contributed by atoms with Crippen molar-refractivity contribution >= 4 is 34.9 Å². The van der Waals surface area contributed by atoms with Crippen LogP contribution in [0.15, 0.2) is 18.2 Å². The molecule has 20 heavy (non-hydrogen) atoms. The first-order chi connectivity index (χ1) is 9.67. The molecule has 3 rings (SSSR count). The number of nitrogens with zero attached hydrogens (tertiary/aromatic N) is 2. The topological polar surface area (TPSA) is 24.0 Å². The molecule has 2 aromatic rings. The molecule has 108 valence electrons. The van der Waals surface area contributed by atoms with E-state index in [0.29, 0.717) is 0 Å². The minimum atomic E-state index is 0.721. The van der Waals surface area contributed by atoms with Gasteiger partial charge in [0.15, 0.2) is 4.77 Å². The van der Waals surface area contributed by atoms with Gasteiger partial charge in [0.1, 0.15) is 0 Å². The number of likely N-dealkylation sites (tertiary alicyclic amines) is 1. The monoisotopic (exact) mass is 309 g/mol. The van der Waals surface area contributed by atoms with Crippen molar-refractivity contribution in [3.8, 4) is 0 Å². The molecule has 0 radical (unpaired) electrons. The van der Waals surface area contributed by atoms with Crippen LogP contribution in [-0.2, 0) is 6.54 Å². The number of halogens is 1. The van der Waals surface area contributed by atoms with Crippen molar-refractivity contribution in [2.24, 2.45) is 5.92 Å². The molecule has 1 aliphatic heterocycles. The van der Waals surface area contributed by atoms with Gasteiger partial charge in [-0.05, 0) is 68.8 Å². The zero-order valence-corrected chi connectivity index (χ0v) is 13.3. The zero-order chi connectivity index (χ0) is 14.1. The highest BCUT2D eigenvalue weighted by molar-refractivity contribution is 7.71. The summed E-state index contributed by atoms with van der Waals surface area (Å²) in [5, 5.41) is 0.747. The molecule has 0 unspecified atom stereocenters. The van der Waals surface area contributed by atoms with E-state index in [4.69, 9.17) is 23.8 Å². The summed E-state index contributed by atoms with van der Waals surface area (Å²) in [6, 6.07) is 5.94. The zero-order valence-electron chi connectivity index (χ0n) is 11.7. The molecule has 1 N–H and O–H groups in total. The Morgan fingerprint density at radius 1 is 1.35 bits per heavy atom. The van der Waals surface area contributed by atoms with Crippen LogP contribution in [0.3, 0.4) is 0 Å². The summed E-state index contributed by atoms with van der Waals surface area (Å²) in [5.74, 6) is 0.721. The summed E-state index contributed by atoms with van der Waals surface area (Å²) >= 11 is 11.5. The van der Waals surface area contributed by atoms with E-state index in [2.05, 4.69) is 27.4 Å². The predicted octanol–water partition coefficient (Wildman–Crippen LogP) is 4.08. The molecule has 1 fully saturated rings. The molecule has 1 aromatic carbocycles. The van der Waals surface area contributed by atoms with Gasteiger partial charge < -0.3 is 14.5 Å². The Labute approximate surface area is 129 Å². The highest BCUT2D eigenvalue weighted by Crippen LogP contribution is 2.24. The number of rotatable bonds is 3. The molecule has 0 saturated carbocycles. The number of hydrogen-bond acceptors (Lipinski definition) is 2. The largest absolute Gasteiger partial charge is 0.331 e. The van der Waals surface area contributed by atoms with E-state index in [9.17, 15) is 0 Å². The molecule has 1 saturated heterocycles. The predicted molar refractivity (Wildman–Crippen MR) is 87.0 cm³/mol. The molecule has 1 aliphatic rings. The van der Waals surface area contributed by atoms with Crippen LogP contribution < -0.4 is 0 Å². The summed E-state index contributed by atoms with van der Waals surface area (Å²) in [4.78, 5) is 5.78. The number of fused-ring (bicyclic) bond motifs is 1. The third-order valence-corrected chi connectivity index (χ3v) is 4.89. The second-order valence-corrected chi connectivity index (χ2v) is 6.40. The summed E-state index contributed by atoms with van der Waals surface area (Å²) in [5.41, 5.74) is 2.20. The van der Waals surface area contributed by atoms with Crippen LogP contribution >= 0.6 is 23.8 Å².